The highest BCUT2D eigenvalue weighted by Crippen LogP contribution is 2.38. The van der Waals surface area contributed by atoms with E-state index in [2.05, 4.69) is 22.5 Å². The Morgan fingerprint density at radius 3 is 2.70 bits per heavy atom. The van der Waals surface area contributed by atoms with Crippen molar-refractivity contribution in [2.75, 3.05) is 13.1 Å². The van der Waals surface area contributed by atoms with Crippen LogP contribution in [0.25, 0.3) is 10.9 Å². The first-order chi connectivity index (χ1) is 15.8. The summed E-state index contributed by atoms with van der Waals surface area (Å²) in [6.45, 7) is 5.54. The minimum Gasteiger partial charge on any atom is -0.480 e. The predicted octanol–water partition coefficient (Wildman–Crippen LogP) is 2.81. The lowest BCUT2D eigenvalue weighted by atomic mass is 10.0. The number of rotatable bonds is 11. The Morgan fingerprint density at radius 1 is 1.33 bits per heavy atom. The highest BCUT2D eigenvalue weighted by atomic mass is 16.4. The Hall–Kier alpha value is -2.71. The molecule has 1 aliphatic carbocycles. The van der Waals surface area contributed by atoms with E-state index < -0.39 is 11.6 Å². The van der Waals surface area contributed by atoms with Crippen LogP contribution in [0.2, 0.25) is 0 Å². The lowest BCUT2D eigenvalue weighted by molar-refractivity contribution is -0.148. The third kappa shape index (κ3) is 4.54. The standard InChI is InChI=1S/C25H35N5O3/c1-3-28-21(13-17-6-7-18(24(26)27)14-22(17)28)11-10-19-5-4-12-29(19)25(2,16-31)30(15-23(32)33)20-8-9-20/h6-7,13-14,16,19-20H,3-5,8-12,15H2,1-2H3,(H3,26,27)(H,32,33)/t19-,25?/m0/s1. The van der Waals surface area contributed by atoms with Crippen molar-refractivity contribution < 1.29 is 14.7 Å². The van der Waals surface area contributed by atoms with Crippen LogP contribution in [0.3, 0.4) is 0 Å². The van der Waals surface area contributed by atoms with Crippen molar-refractivity contribution in [1.29, 1.82) is 5.41 Å². The van der Waals surface area contributed by atoms with Gasteiger partial charge in [0.05, 0.1) is 6.54 Å². The van der Waals surface area contributed by atoms with E-state index in [1.165, 1.54) is 5.69 Å². The molecule has 4 N–H and O–H groups in total. The van der Waals surface area contributed by atoms with E-state index in [1.807, 2.05) is 30.0 Å². The highest BCUT2D eigenvalue weighted by Gasteiger charge is 2.48. The molecule has 0 radical (unpaired) electrons. The number of nitrogens with two attached hydrogens (primary N) is 1. The van der Waals surface area contributed by atoms with Crippen molar-refractivity contribution in [3.8, 4) is 0 Å². The molecule has 2 aromatic rings. The van der Waals surface area contributed by atoms with Gasteiger partial charge in [-0.3, -0.25) is 24.8 Å². The Labute approximate surface area is 194 Å². The molecule has 0 spiro atoms. The molecule has 0 amide bonds. The zero-order valence-corrected chi connectivity index (χ0v) is 19.6. The average Bonchev–Trinajstić information content (AvgIpc) is 3.40. The molecule has 8 nitrogen and oxygen atoms in total. The topological polar surface area (TPSA) is 116 Å². The molecule has 1 saturated carbocycles. The van der Waals surface area contributed by atoms with E-state index >= 15 is 0 Å². The number of aromatic nitrogens is 1. The van der Waals surface area contributed by atoms with Crippen molar-refractivity contribution in [2.45, 2.75) is 76.7 Å². The zero-order chi connectivity index (χ0) is 23.8. The number of fused-ring (bicyclic) bond motifs is 1. The van der Waals surface area contributed by atoms with E-state index in [9.17, 15) is 14.7 Å². The minimum atomic E-state index is -0.894. The molecule has 0 bridgehead atoms. The SMILES string of the molecule is CCn1c(CC[C@@H]2CCCN2C(C)(C=O)N(CC(=O)O)C2CC2)cc2ccc(C(=N)N)cc21. The van der Waals surface area contributed by atoms with Crippen LogP contribution in [-0.2, 0) is 22.6 Å². The first-order valence-corrected chi connectivity index (χ1v) is 12.0. The number of carbonyl (C=O) groups excluding carboxylic acids is 1. The summed E-state index contributed by atoms with van der Waals surface area (Å²) in [5.74, 6) is -0.818. The molecule has 33 heavy (non-hydrogen) atoms. The van der Waals surface area contributed by atoms with Crippen molar-refractivity contribution in [2.24, 2.45) is 5.73 Å². The number of benzene rings is 1. The number of likely N-dealkylation sites (tertiary alicyclic amines) is 1. The van der Waals surface area contributed by atoms with Crippen LogP contribution < -0.4 is 5.73 Å². The maximum Gasteiger partial charge on any atom is 0.317 e. The molecule has 2 atom stereocenters. The van der Waals surface area contributed by atoms with E-state index in [4.69, 9.17) is 11.1 Å². The van der Waals surface area contributed by atoms with Crippen LogP contribution in [-0.4, -0.2) is 68.4 Å². The number of aldehydes is 1. The number of carboxylic acid groups (broad SMARTS) is 1. The summed E-state index contributed by atoms with van der Waals surface area (Å²) in [5, 5.41) is 18.3. The summed E-state index contributed by atoms with van der Waals surface area (Å²) in [6.07, 6.45) is 6.66. The van der Waals surface area contributed by atoms with Gasteiger partial charge in [0.2, 0.25) is 0 Å². The van der Waals surface area contributed by atoms with Gasteiger partial charge in [-0.25, -0.2) is 0 Å². The van der Waals surface area contributed by atoms with Crippen molar-refractivity contribution in [1.82, 2.24) is 14.4 Å². The Kier molecular flexibility index (Phi) is 6.59. The van der Waals surface area contributed by atoms with Crippen molar-refractivity contribution in [3.05, 3.63) is 35.5 Å². The molecule has 1 aromatic heterocycles. The van der Waals surface area contributed by atoms with Crippen LogP contribution in [0.15, 0.2) is 24.3 Å². The van der Waals surface area contributed by atoms with Gasteiger partial charge in [0, 0.05) is 41.9 Å². The van der Waals surface area contributed by atoms with Gasteiger partial charge >= 0.3 is 5.97 Å². The number of hydrogen-bond donors (Lipinski definition) is 3. The molecular formula is C25H35N5O3. The van der Waals surface area contributed by atoms with E-state index in [1.54, 1.807) is 0 Å². The van der Waals surface area contributed by atoms with Gasteiger partial charge in [-0.2, -0.15) is 0 Å². The quantitative estimate of drug-likeness (QED) is 0.274. The third-order valence-electron chi connectivity index (χ3n) is 7.41. The van der Waals surface area contributed by atoms with Crippen LogP contribution in [0.5, 0.6) is 0 Å². The molecule has 2 heterocycles. The van der Waals surface area contributed by atoms with Gasteiger partial charge in [0.1, 0.15) is 11.5 Å². The van der Waals surface area contributed by atoms with Crippen LogP contribution in [0.1, 0.15) is 57.2 Å². The normalized spacial score (nSPS) is 20.9. The van der Waals surface area contributed by atoms with Gasteiger partial charge < -0.3 is 15.4 Å². The summed E-state index contributed by atoms with van der Waals surface area (Å²) in [5.41, 5.74) is 7.84. The zero-order valence-electron chi connectivity index (χ0n) is 19.6. The third-order valence-corrected chi connectivity index (χ3v) is 7.41. The number of amidine groups is 1. The van der Waals surface area contributed by atoms with Crippen LogP contribution in [0, 0.1) is 5.41 Å². The van der Waals surface area contributed by atoms with E-state index in [0.29, 0.717) is 0 Å². The lowest BCUT2D eigenvalue weighted by Gasteiger charge is -2.46. The van der Waals surface area contributed by atoms with Crippen molar-refractivity contribution >= 4 is 29.0 Å². The van der Waals surface area contributed by atoms with Crippen molar-refractivity contribution in [3.63, 3.8) is 0 Å². The summed E-state index contributed by atoms with van der Waals surface area (Å²) in [7, 11) is 0. The largest absolute Gasteiger partial charge is 0.480 e. The summed E-state index contributed by atoms with van der Waals surface area (Å²) < 4.78 is 2.28. The van der Waals surface area contributed by atoms with Crippen LogP contribution in [0.4, 0.5) is 0 Å². The monoisotopic (exact) mass is 453 g/mol. The number of hydrogen-bond acceptors (Lipinski definition) is 5. The maximum absolute atomic E-state index is 12.4. The first-order valence-electron chi connectivity index (χ1n) is 12.0. The molecular weight excluding hydrogens is 418 g/mol. The molecule has 1 saturated heterocycles. The number of aryl methyl sites for hydroxylation is 2. The number of carbonyl (C=O) groups is 2. The smallest absolute Gasteiger partial charge is 0.317 e. The minimum absolute atomic E-state index is 0.0682. The predicted molar refractivity (Wildman–Crippen MR) is 129 cm³/mol. The number of aliphatic carboxylic acids is 1. The van der Waals surface area contributed by atoms with E-state index in [-0.39, 0.29) is 24.5 Å². The average molecular weight is 454 g/mol. The van der Waals surface area contributed by atoms with E-state index in [0.717, 1.165) is 74.4 Å². The molecule has 8 heteroatoms. The summed E-state index contributed by atoms with van der Waals surface area (Å²) >= 11 is 0. The second kappa shape index (κ2) is 9.27. The van der Waals surface area contributed by atoms with Crippen LogP contribution >= 0.6 is 0 Å². The molecule has 2 aliphatic rings. The molecule has 1 unspecified atom stereocenters. The first kappa shape index (κ1) is 23.4. The number of carboxylic acids is 1. The molecule has 178 valence electrons. The van der Waals surface area contributed by atoms with Gasteiger partial charge in [-0.05, 0) is 69.9 Å². The van der Waals surface area contributed by atoms with Gasteiger partial charge in [0.25, 0.3) is 0 Å². The Balaban J connectivity index is 1.55. The molecule has 2 fully saturated rings. The fraction of sp³-hybridized carbons (Fsp3) is 0.560. The van der Waals surface area contributed by atoms with Gasteiger partial charge in [-0.1, -0.05) is 12.1 Å². The highest BCUT2D eigenvalue weighted by molar-refractivity contribution is 5.98. The molecule has 4 rings (SSSR count). The lowest BCUT2D eigenvalue weighted by Crippen LogP contribution is -2.63. The Bertz CT molecular complexity index is 1060. The summed E-state index contributed by atoms with van der Waals surface area (Å²) in [6, 6.07) is 8.50. The second-order valence-electron chi connectivity index (χ2n) is 9.56. The maximum atomic E-state index is 12.4. The molecule has 1 aliphatic heterocycles. The number of nitrogen functional groups attached to an aromatic ring is 1. The second-order valence-corrected chi connectivity index (χ2v) is 9.56. The van der Waals surface area contributed by atoms with Gasteiger partial charge in [0.15, 0.2) is 6.29 Å². The number of nitrogens with one attached hydrogen (secondary N) is 1. The molecule has 1 aromatic carbocycles. The fourth-order valence-corrected chi connectivity index (χ4v) is 5.60. The Morgan fingerprint density at radius 2 is 2.09 bits per heavy atom. The fourth-order valence-electron chi connectivity index (χ4n) is 5.60. The summed E-state index contributed by atoms with van der Waals surface area (Å²) in [4.78, 5) is 28.1. The number of nitrogens with zero attached hydrogens (tertiary/aromatic N) is 3. The van der Waals surface area contributed by atoms with Gasteiger partial charge in [-0.15, -0.1) is 0 Å².